The van der Waals surface area contributed by atoms with E-state index in [1.807, 2.05) is 18.2 Å². The lowest BCUT2D eigenvalue weighted by molar-refractivity contribution is 0.206. The number of nitrogens with one attached hydrogen (secondary N) is 1. The van der Waals surface area contributed by atoms with Crippen LogP contribution in [0.5, 0.6) is 5.75 Å². The SMILES string of the molecule is Cc1ccc(CC2CNc3ccccc3O2)c(C)c1. The molecule has 0 fully saturated rings. The van der Waals surface area contributed by atoms with E-state index in [4.69, 9.17) is 4.74 Å². The van der Waals surface area contributed by atoms with Gasteiger partial charge in [0.15, 0.2) is 0 Å². The van der Waals surface area contributed by atoms with Crippen molar-refractivity contribution >= 4 is 5.69 Å². The maximum atomic E-state index is 6.06. The van der Waals surface area contributed by atoms with Gasteiger partial charge in [0.2, 0.25) is 0 Å². The van der Waals surface area contributed by atoms with Crippen molar-refractivity contribution in [3.8, 4) is 5.75 Å². The van der Waals surface area contributed by atoms with E-state index in [0.29, 0.717) is 0 Å². The standard InChI is InChI=1S/C17H19NO/c1-12-7-8-14(13(2)9-12)10-15-11-18-16-5-3-4-6-17(16)19-15/h3-9,15,18H,10-11H2,1-2H3. The van der Waals surface area contributed by atoms with Gasteiger partial charge in [0, 0.05) is 6.42 Å². The molecule has 0 bridgehead atoms. The molecule has 2 aromatic rings. The molecule has 1 heterocycles. The molecule has 1 N–H and O–H groups in total. The number of benzene rings is 2. The van der Waals surface area contributed by atoms with Crippen LogP contribution in [0.2, 0.25) is 0 Å². The molecule has 0 aromatic heterocycles. The molecule has 3 rings (SSSR count). The molecule has 2 heteroatoms. The van der Waals surface area contributed by atoms with Crippen LogP contribution in [0.1, 0.15) is 16.7 Å². The van der Waals surface area contributed by atoms with Crippen LogP contribution in [0, 0.1) is 13.8 Å². The van der Waals surface area contributed by atoms with Crippen LogP contribution >= 0.6 is 0 Å². The van der Waals surface area contributed by atoms with E-state index in [9.17, 15) is 0 Å². The predicted octanol–water partition coefficient (Wildman–Crippen LogP) is 3.72. The molecule has 2 aromatic carbocycles. The van der Waals surface area contributed by atoms with Crippen LogP contribution in [0.4, 0.5) is 5.69 Å². The fourth-order valence-electron chi connectivity index (χ4n) is 2.59. The second-order valence-corrected chi connectivity index (χ2v) is 5.25. The molecule has 0 aliphatic carbocycles. The Bertz CT molecular complexity index is 592. The van der Waals surface area contributed by atoms with Crippen LogP contribution < -0.4 is 10.1 Å². The number of para-hydroxylation sites is 2. The topological polar surface area (TPSA) is 21.3 Å². The van der Waals surface area contributed by atoms with Crippen LogP contribution in [0.25, 0.3) is 0 Å². The largest absolute Gasteiger partial charge is 0.486 e. The van der Waals surface area contributed by atoms with E-state index in [0.717, 1.165) is 24.4 Å². The normalized spacial score (nSPS) is 17.3. The fraction of sp³-hybridized carbons (Fsp3) is 0.294. The average molecular weight is 253 g/mol. The molecule has 1 atom stereocenters. The summed E-state index contributed by atoms with van der Waals surface area (Å²) in [5.74, 6) is 0.962. The summed E-state index contributed by atoms with van der Waals surface area (Å²) in [6.45, 7) is 5.17. The highest BCUT2D eigenvalue weighted by molar-refractivity contribution is 5.57. The number of aryl methyl sites for hydroxylation is 2. The number of anilines is 1. The van der Waals surface area contributed by atoms with E-state index in [-0.39, 0.29) is 6.10 Å². The summed E-state index contributed by atoms with van der Waals surface area (Å²) in [6, 6.07) is 14.7. The van der Waals surface area contributed by atoms with Crippen molar-refractivity contribution in [1.82, 2.24) is 0 Å². The van der Waals surface area contributed by atoms with Crippen LogP contribution in [0.15, 0.2) is 42.5 Å². The van der Waals surface area contributed by atoms with Crippen LogP contribution in [0.3, 0.4) is 0 Å². The second kappa shape index (κ2) is 4.96. The highest BCUT2D eigenvalue weighted by atomic mass is 16.5. The zero-order valence-corrected chi connectivity index (χ0v) is 11.4. The maximum absolute atomic E-state index is 6.06. The third kappa shape index (κ3) is 2.58. The highest BCUT2D eigenvalue weighted by Gasteiger charge is 2.19. The van der Waals surface area contributed by atoms with E-state index in [1.54, 1.807) is 0 Å². The molecule has 98 valence electrons. The van der Waals surface area contributed by atoms with Gasteiger partial charge in [-0.05, 0) is 37.1 Å². The Morgan fingerprint density at radius 2 is 2.00 bits per heavy atom. The summed E-state index contributed by atoms with van der Waals surface area (Å²) in [7, 11) is 0. The van der Waals surface area contributed by atoms with Crippen LogP contribution in [-0.4, -0.2) is 12.6 Å². The minimum atomic E-state index is 0.205. The van der Waals surface area contributed by atoms with Crippen molar-refractivity contribution in [2.75, 3.05) is 11.9 Å². The Morgan fingerprint density at radius 1 is 1.16 bits per heavy atom. The molecule has 0 radical (unpaired) electrons. The maximum Gasteiger partial charge on any atom is 0.142 e. The number of hydrogen-bond donors (Lipinski definition) is 1. The Hall–Kier alpha value is -1.96. The van der Waals surface area contributed by atoms with Gasteiger partial charge in [0.25, 0.3) is 0 Å². The fourth-order valence-corrected chi connectivity index (χ4v) is 2.59. The van der Waals surface area contributed by atoms with Crippen molar-refractivity contribution in [3.63, 3.8) is 0 Å². The van der Waals surface area contributed by atoms with Gasteiger partial charge in [-0.3, -0.25) is 0 Å². The lowest BCUT2D eigenvalue weighted by Crippen LogP contribution is -2.32. The van der Waals surface area contributed by atoms with Gasteiger partial charge in [-0.1, -0.05) is 35.9 Å². The molecule has 1 aliphatic heterocycles. The minimum absolute atomic E-state index is 0.205. The first-order valence-electron chi connectivity index (χ1n) is 6.78. The average Bonchev–Trinajstić information content (AvgIpc) is 2.42. The van der Waals surface area contributed by atoms with Crippen molar-refractivity contribution in [2.24, 2.45) is 0 Å². The van der Waals surface area contributed by atoms with Crippen molar-refractivity contribution < 1.29 is 4.74 Å². The van der Waals surface area contributed by atoms with E-state index < -0.39 is 0 Å². The molecule has 0 spiro atoms. The summed E-state index contributed by atoms with van der Waals surface area (Å²) in [6.07, 6.45) is 1.16. The molecule has 19 heavy (non-hydrogen) atoms. The Kier molecular flexibility index (Phi) is 3.16. The minimum Gasteiger partial charge on any atom is -0.486 e. The monoisotopic (exact) mass is 253 g/mol. The van der Waals surface area contributed by atoms with E-state index in [2.05, 4.69) is 43.4 Å². The molecule has 0 amide bonds. The van der Waals surface area contributed by atoms with Gasteiger partial charge < -0.3 is 10.1 Å². The first kappa shape index (κ1) is 12.1. The van der Waals surface area contributed by atoms with Crippen LogP contribution in [-0.2, 0) is 6.42 Å². The quantitative estimate of drug-likeness (QED) is 0.880. The third-order valence-corrected chi connectivity index (χ3v) is 3.65. The summed E-state index contributed by atoms with van der Waals surface area (Å²) in [5, 5.41) is 3.44. The first-order chi connectivity index (χ1) is 9.22. The van der Waals surface area contributed by atoms with E-state index >= 15 is 0 Å². The second-order valence-electron chi connectivity index (χ2n) is 5.25. The lowest BCUT2D eigenvalue weighted by atomic mass is 10.00. The number of hydrogen-bond acceptors (Lipinski definition) is 2. The molecule has 0 saturated carbocycles. The zero-order chi connectivity index (χ0) is 13.2. The smallest absolute Gasteiger partial charge is 0.142 e. The Labute approximate surface area is 114 Å². The van der Waals surface area contributed by atoms with Gasteiger partial charge in [0.1, 0.15) is 11.9 Å². The van der Waals surface area contributed by atoms with Gasteiger partial charge in [0.05, 0.1) is 12.2 Å². The Balaban J connectivity index is 1.75. The third-order valence-electron chi connectivity index (χ3n) is 3.65. The van der Waals surface area contributed by atoms with E-state index in [1.165, 1.54) is 16.7 Å². The number of ether oxygens (including phenoxy) is 1. The van der Waals surface area contributed by atoms with Gasteiger partial charge >= 0.3 is 0 Å². The molecular formula is C17H19NO. The number of fused-ring (bicyclic) bond motifs is 1. The molecule has 0 saturated heterocycles. The van der Waals surface area contributed by atoms with Gasteiger partial charge in [-0.15, -0.1) is 0 Å². The zero-order valence-electron chi connectivity index (χ0n) is 11.4. The molecule has 2 nitrogen and oxygen atoms in total. The summed E-state index contributed by atoms with van der Waals surface area (Å²) < 4.78 is 6.06. The molecule has 1 aliphatic rings. The predicted molar refractivity (Wildman–Crippen MR) is 79.0 cm³/mol. The summed E-state index contributed by atoms with van der Waals surface area (Å²) in [4.78, 5) is 0. The lowest BCUT2D eigenvalue weighted by Gasteiger charge is -2.27. The van der Waals surface area contributed by atoms with Crippen molar-refractivity contribution in [2.45, 2.75) is 26.4 Å². The van der Waals surface area contributed by atoms with Crippen molar-refractivity contribution in [3.05, 3.63) is 59.2 Å². The van der Waals surface area contributed by atoms with Crippen molar-refractivity contribution in [1.29, 1.82) is 0 Å². The highest BCUT2D eigenvalue weighted by Crippen LogP contribution is 2.29. The summed E-state index contributed by atoms with van der Waals surface area (Å²) >= 11 is 0. The molecular weight excluding hydrogens is 234 g/mol. The first-order valence-corrected chi connectivity index (χ1v) is 6.78. The number of rotatable bonds is 2. The van der Waals surface area contributed by atoms with Gasteiger partial charge in [-0.25, -0.2) is 0 Å². The van der Waals surface area contributed by atoms with Gasteiger partial charge in [-0.2, -0.15) is 0 Å². The molecule has 1 unspecified atom stereocenters. The summed E-state index contributed by atoms with van der Waals surface area (Å²) in [5.41, 5.74) is 5.13. The Morgan fingerprint density at radius 3 is 2.84 bits per heavy atom.